The Kier molecular flexibility index (Phi) is 5.91. The second-order valence-corrected chi connectivity index (χ2v) is 4.20. The molecule has 0 aliphatic rings. The molecular weight excluding hydrogens is 272 g/mol. The summed E-state index contributed by atoms with van der Waals surface area (Å²) in [6, 6.07) is 0. The maximum Gasteiger partial charge on any atom is 0.352 e. The number of halogens is 1. The maximum absolute atomic E-state index is 11.0. The van der Waals surface area contributed by atoms with Gasteiger partial charge in [-0.1, -0.05) is 13.8 Å². The number of nitro groups is 1. The minimum absolute atomic E-state index is 0.0547. The van der Waals surface area contributed by atoms with E-state index in [4.69, 9.17) is 16.3 Å². The third-order valence-corrected chi connectivity index (χ3v) is 2.89. The Balaban J connectivity index is 2.80. The van der Waals surface area contributed by atoms with Crippen molar-refractivity contribution in [1.82, 2.24) is 14.9 Å². The average molecular weight is 289 g/mol. The molecule has 0 aliphatic carbocycles. The summed E-state index contributed by atoms with van der Waals surface area (Å²) >= 11 is 5.69. The van der Waals surface area contributed by atoms with Gasteiger partial charge in [-0.25, -0.2) is 4.98 Å². The lowest BCUT2D eigenvalue weighted by atomic mass is 10.4. The van der Waals surface area contributed by atoms with Crippen LogP contribution in [0.4, 0.5) is 5.69 Å². The summed E-state index contributed by atoms with van der Waals surface area (Å²) in [6.07, 6.45) is 0. The van der Waals surface area contributed by atoms with E-state index in [0.717, 1.165) is 13.1 Å². The van der Waals surface area contributed by atoms with Gasteiger partial charge in [-0.2, -0.15) is 4.98 Å². The fourth-order valence-electron chi connectivity index (χ4n) is 1.63. The van der Waals surface area contributed by atoms with Crippen molar-refractivity contribution in [2.45, 2.75) is 20.8 Å². The summed E-state index contributed by atoms with van der Waals surface area (Å²) in [5.74, 6) is -0.0744. The van der Waals surface area contributed by atoms with E-state index in [9.17, 15) is 10.1 Å². The van der Waals surface area contributed by atoms with Crippen LogP contribution >= 0.6 is 11.6 Å². The number of hydrogen-bond acceptors (Lipinski definition) is 6. The quantitative estimate of drug-likeness (QED) is 0.434. The monoisotopic (exact) mass is 288 g/mol. The Labute approximate surface area is 116 Å². The van der Waals surface area contributed by atoms with E-state index in [-0.39, 0.29) is 22.5 Å². The first-order chi connectivity index (χ1) is 8.99. The molecule has 0 spiro atoms. The number of ether oxygens (including phenoxy) is 1. The highest BCUT2D eigenvalue weighted by molar-refractivity contribution is 6.28. The van der Waals surface area contributed by atoms with Crippen LogP contribution in [0, 0.1) is 17.0 Å². The molecule has 1 heterocycles. The average Bonchev–Trinajstić information content (AvgIpc) is 2.33. The molecular formula is C11H17ClN4O3. The first-order valence-corrected chi connectivity index (χ1v) is 6.41. The molecule has 0 fully saturated rings. The molecule has 0 saturated heterocycles. The van der Waals surface area contributed by atoms with E-state index < -0.39 is 4.92 Å². The van der Waals surface area contributed by atoms with Gasteiger partial charge in [0.05, 0.1) is 4.92 Å². The Hall–Kier alpha value is -1.47. The molecule has 0 saturated carbocycles. The summed E-state index contributed by atoms with van der Waals surface area (Å²) in [5.41, 5.74) is -0.0354. The van der Waals surface area contributed by atoms with Gasteiger partial charge in [0.1, 0.15) is 12.3 Å². The molecule has 0 radical (unpaired) electrons. The summed E-state index contributed by atoms with van der Waals surface area (Å²) in [4.78, 5) is 20.1. The molecule has 0 amide bonds. The van der Waals surface area contributed by atoms with Crippen molar-refractivity contribution >= 4 is 17.3 Å². The van der Waals surface area contributed by atoms with Gasteiger partial charge in [0.15, 0.2) is 0 Å². The molecule has 0 unspecified atom stereocenters. The van der Waals surface area contributed by atoms with Crippen LogP contribution in [0.25, 0.3) is 0 Å². The Morgan fingerprint density at radius 3 is 2.53 bits per heavy atom. The van der Waals surface area contributed by atoms with E-state index in [1.54, 1.807) is 0 Å². The molecule has 1 aromatic rings. The zero-order chi connectivity index (χ0) is 14.4. The van der Waals surface area contributed by atoms with Crippen LogP contribution in [-0.4, -0.2) is 46.0 Å². The number of rotatable bonds is 7. The first-order valence-electron chi connectivity index (χ1n) is 6.03. The molecule has 0 aromatic carbocycles. The molecule has 7 nitrogen and oxygen atoms in total. The van der Waals surface area contributed by atoms with Crippen molar-refractivity contribution < 1.29 is 9.66 Å². The van der Waals surface area contributed by atoms with Crippen LogP contribution in [0.3, 0.4) is 0 Å². The Morgan fingerprint density at radius 1 is 1.37 bits per heavy atom. The highest BCUT2D eigenvalue weighted by atomic mass is 35.5. The number of likely N-dealkylation sites (N-methyl/N-ethyl adjacent to an activating group) is 1. The van der Waals surface area contributed by atoms with Gasteiger partial charge in [-0.15, -0.1) is 0 Å². The van der Waals surface area contributed by atoms with Gasteiger partial charge in [0.25, 0.3) is 5.88 Å². The fraction of sp³-hybridized carbons (Fsp3) is 0.636. The second-order valence-electron chi connectivity index (χ2n) is 3.86. The normalized spacial score (nSPS) is 10.8. The molecule has 106 valence electrons. The minimum atomic E-state index is -0.557. The van der Waals surface area contributed by atoms with E-state index in [0.29, 0.717) is 13.2 Å². The van der Waals surface area contributed by atoms with Crippen LogP contribution in [0.1, 0.15) is 19.5 Å². The number of aryl methyl sites for hydroxylation is 1. The molecule has 8 heteroatoms. The van der Waals surface area contributed by atoms with Gasteiger partial charge in [0.2, 0.25) is 5.28 Å². The number of nitrogens with zero attached hydrogens (tertiary/aromatic N) is 4. The molecule has 0 N–H and O–H groups in total. The van der Waals surface area contributed by atoms with Gasteiger partial charge in [-0.3, -0.25) is 10.1 Å². The largest absolute Gasteiger partial charge is 0.471 e. The summed E-state index contributed by atoms with van der Waals surface area (Å²) in [7, 11) is 0. The predicted molar refractivity (Wildman–Crippen MR) is 71.7 cm³/mol. The SMILES string of the molecule is CCN(CC)CCOc1nc(Cl)nc(C)c1[N+](=O)[O-]. The number of aromatic nitrogens is 2. The lowest BCUT2D eigenvalue weighted by Crippen LogP contribution is -2.28. The lowest BCUT2D eigenvalue weighted by molar-refractivity contribution is -0.387. The molecule has 19 heavy (non-hydrogen) atoms. The summed E-state index contributed by atoms with van der Waals surface area (Å²) in [5, 5.41) is 10.9. The highest BCUT2D eigenvalue weighted by Gasteiger charge is 2.23. The van der Waals surface area contributed by atoms with Crippen molar-refractivity contribution in [1.29, 1.82) is 0 Å². The van der Waals surface area contributed by atoms with E-state index in [2.05, 4.69) is 14.9 Å². The Morgan fingerprint density at radius 2 is 2.00 bits per heavy atom. The van der Waals surface area contributed by atoms with Crippen LogP contribution in [0.2, 0.25) is 5.28 Å². The summed E-state index contributed by atoms with van der Waals surface area (Å²) in [6.45, 7) is 8.36. The van der Waals surface area contributed by atoms with E-state index in [1.165, 1.54) is 6.92 Å². The van der Waals surface area contributed by atoms with Crippen LogP contribution in [0.15, 0.2) is 0 Å². The van der Waals surface area contributed by atoms with Gasteiger partial charge >= 0.3 is 5.69 Å². The standard InChI is InChI=1S/C11H17ClN4O3/c1-4-15(5-2)6-7-19-10-9(16(17)18)8(3)13-11(12)14-10/h4-7H2,1-3H3. The van der Waals surface area contributed by atoms with Crippen molar-refractivity contribution in [2.24, 2.45) is 0 Å². The van der Waals surface area contributed by atoms with Crippen LogP contribution in [0.5, 0.6) is 5.88 Å². The van der Waals surface area contributed by atoms with Crippen molar-refractivity contribution in [3.05, 3.63) is 21.1 Å². The first kappa shape index (κ1) is 15.6. The van der Waals surface area contributed by atoms with Crippen LogP contribution < -0.4 is 4.74 Å². The molecule has 1 aromatic heterocycles. The highest BCUT2D eigenvalue weighted by Crippen LogP contribution is 2.28. The number of hydrogen-bond donors (Lipinski definition) is 0. The van der Waals surface area contributed by atoms with Crippen molar-refractivity contribution in [2.75, 3.05) is 26.2 Å². The van der Waals surface area contributed by atoms with Crippen LogP contribution in [-0.2, 0) is 0 Å². The van der Waals surface area contributed by atoms with Gasteiger partial charge < -0.3 is 9.64 Å². The van der Waals surface area contributed by atoms with E-state index >= 15 is 0 Å². The lowest BCUT2D eigenvalue weighted by Gasteiger charge is -2.17. The predicted octanol–water partition coefficient (Wildman–Crippen LogP) is 2.07. The van der Waals surface area contributed by atoms with Crippen molar-refractivity contribution in [3.63, 3.8) is 0 Å². The topological polar surface area (TPSA) is 81.4 Å². The maximum atomic E-state index is 11.0. The minimum Gasteiger partial charge on any atom is -0.471 e. The van der Waals surface area contributed by atoms with Gasteiger partial charge in [-0.05, 0) is 31.6 Å². The third kappa shape index (κ3) is 4.29. The third-order valence-electron chi connectivity index (χ3n) is 2.72. The smallest absolute Gasteiger partial charge is 0.352 e. The molecule has 0 aliphatic heterocycles. The molecule has 0 bridgehead atoms. The summed E-state index contributed by atoms with van der Waals surface area (Å²) < 4.78 is 5.38. The van der Waals surface area contributed by atoms with Crippen molar-refractivity contribution in [3.8, 4) is 5.88 Å². The second kappa shape index (κ2) is 7.20. The van der Waals surface area contributed by atoms with E-state index in [1.807, 2.05) is 13.8 Å². The Bertz CT molecular complexity index is 452. The fourth-order valence-corrected chi connectivity index (χ4v) is 1.83. The molecule has 1 rings (SSSR count). The zero-order valence-corrected chi connectivity index (χ0v) is 12.0. The zero-order valence-electron chi connectivity index (χ0n) is 11.2. The molecule has 0 atom stereocenters. The van der Waals surface area contributed by atoms with Gasteiger partial charge in [0, 0.05) is 6.54 Å².